The van der Waals surface area contributed by atoms with E-state index in [2.05, 4.69) is 4.90 Å². The quantitative estimate of drug-likeness (QED) is 0.288. The fraction of sp³-hybridized carbons (Fsp3) is 0.286. The number of halogens is 3. The lowest BCUT2D eigenvalue weighted by atomic mass is 10.1. The van der Waals surface area contributed by atoms with Crippen LogP contribution in [0.15, 0.2) is 72.8 Å². The third kappa shape index (κ3) is 5.37. The van der Waals surface area contributed by atoms with E-state index in [4.69, 9.17) is 26.8 Å². The van der Waals surface area contributed by atoms with E-state index in [9.17, 15) is 13.2 Å². The molecule has 2 aliphatic rings. The number of alkyl halides is 3. The molecule has 6 rings (SSSR count). The second kappa shape index (κ2) is 10.4. The Hall–Kier alpha value is -3.83. The van der Waals surface area contributed by atoms with Crippen LogP contribution in [0.25, 0.3) is 11.4 Å². The first-order chi connectivity index (χ1) is 18.8. The summed E-state index contributed by atoms with van der Waals surface area (Å²) in [5, 5.41) is 4.90. The molecule has 2 aliphatic heterocycles. The standard InChI is InChI=1S/C28H26F3N5O2S/c29-28(30,31)22-7-4-8-23(16-22)34-13-11-33(12-14-34)18-36-27(39)35(26(32-36)21-5-2-1-3-6-21)17-20-9-10-24-25(15-20)38-19-37-24/h1-10,15-16H,11-14,17-19H2. The van der Waals surface area contributed by atoms with Crippen molar-refractivity contribution in [3.63, 3.8) is 0 Å². The van der Waals surface area contributed by atoms with Crippen LogP contribution in [0.2, 0.25) is 0 Å². The minimum Gasteiger partial charge on any atom is -0.454 e. The van der Waals surface area contributed by atoms with Gasteiger partial charge in [-0.05, 0) is 48.1 Å². The number of fused-ring (bicyclic) bond motifs is 1. The number of aromatic nitrogens is 3. The molecular weight excluding hydrogens is 527 g/mol. The highest BCUT2D eigenvalue weighted by molar-refractivity contribution is 7.71. The van der Waals surface area contributed by atoms with Crippen LogP contribution in [0, 0.1) is 4.77 Å². The number of ether oxygens (including phenoxy) is 2. The van der Waals surface area contributed by atoms with Crippen LogP contribution in [0.1, 0.15) is 11.1 Å². The van der Waals surface area contributed by atoms with Gasteiger partial charge in [-0.25, -0.2) is 4.68 Å². The summed E-state index contributed by atoms with van der Waals surface area (Å²) >= 11 is 5.89. The van der Waals surface area contributed by atoms with E-state index in [0.717, 1.165) is 28.8 Å². The van der Waals surface area contributed by atoms with Gasteiger partial charge in [0.25, 0.3) is 0 Å². The minimum absolute atomic E-state index is 0.215. The Morgan fingerprint density at radius 3 is 2.38 bits per heavy atom. The molecule has 0 saturated carbocycles. The normalized spacial score (nSPS) is 15.6. The molecule has 0 radical (unpaired) electrons. The molecule has 0 N–H and O–H groups in total. The Labute approximate surface area is 228 Å². The van der Waals surface area contributed by atoms with Gasteiger partial charge in [0.2, 0.25) is 6.79 Å². The van der Waals surface area contributed by atoms with E-state index in [1.54, 1.807) is 6.07 Å². The van der Waals surface area contributed by atoms with Gasteiger partial charge < -0.3 is 14.4 Å². The summed E-state index contributed by atoms with van der Waals surface area (Å²) in [6, 6.07) is 21.3. The number of anilines is 1. The average molecular weight is 554 g/mol. The highest BCUT2D eigenvalue weighted by Crippen LogP contribution is 2.34. The fourth-order valence-corrected chi connectivity index (χ4v) is 5.16. The summed E-state index contributed by atoms with van der Waals surface area (Å²) in [6.45, 7) is 3.79. The number of benzene rings is 3. The highest BCUT2D eigenvalue weighted by Gasteiger charge is 2.31. The summed E-state index contributed by atoms with van der Waals surface area (Å²) in [5.41, 5.74) is 1.93. The Kier molecular flexibility index (Phi) is 6.78. The third-order valence-corrected chi connectivity index (χ3v) is 7.41. The smallest absolute Gasteiger partial charge is 0.416 e. The monoisotopic (exact) mass is 553 g/mol. The fourth-order valence-electron chi connectivity index (χ4n) is 4.91. The number of hydrogen-bond donors (Lipinski definition) is 0. The summed E-state index contributed by atoms with van der Waals surface area (Å²) in [7, 11) is 0. The zero-order valence-electron chi connectivity index (χ0n) is 21.0. The molecule has 0 amide bonds. The van der Waals surface area contributed by atoms with Crippen molar-refractivity contribution in [2.24, 2.45) is 0 Å². The molecule has 3 heterocycles. The second-order valence-electron chi connectivity index (χ2n) is 9.54. The number of hydrogen-bond acceptors (Lipinski definition) is 6. The number of nitrogens with zero attached hydrogens (tertiary/aromatic N) is 5. The van der Waals surface area contributed by atoms with Crippen molar-refractivity contribution in [2.75, 3.05) is 37.9 Å². The van der Waals surface area contributed by atoms with Gasteiger partial charge in [-0.3, -0.25) is 9.47 Å². The molecule has 0 unspecified atom stereocenters. The van der Waals surface area contributed by atoms with E-state index in [1.807, 2.05) is 62.7 Å². The predicted molar refractivity (Wildman–Crippen MR) is 143 cm³/mol. The number of piperazine rings is 1. The molecule has 4 aromatic rings. The third-order valence-electron chi connectivity index (χ3n) is 6.98. The largest absolute Gasteiger partial charge is 0.454 e. The van der Waals surface area contributed by atoms with Gasteiger partial charge in [0.15, 0.2) is 22.1 Å². The molecule has 3 aromatic carbocycles. The van der Waals surface area contributed by atoms with Crippen LogP contribution in [0.5, 0.6) is 11.5 Å². The summed E-state index contributed by atoms with van der Waals surface area (Å²) in [4.78, 5) is 4.20. The van der Waals surface area contributed by atoms with Crippen molar-refractivity contribution in [3.8, 4) is 22.9 Å². The molecule has 1 fully saturated rings. The molecule has 0 atom stereocenters. The van der Waals surface area contributed by atoms with E-state index in [-0.39, 0.29) is 6.79 Å². The summed E-state index contributed by atoms with van der Waals surface area (Å²) in [6.07, 6.45) is -4.36. The van der Waals surface area contributed by atoms with Crippen LogP contribution in [-0.4, -0.2) is 52.2 Å². The number of rotatable bonds is 6. The van der Waals surface area contributed by atoms with E-state index in [1.165, 1.54) is 12.1 Å². The van der Waals surface area contributed by atoms with E-state index in [0.29, 0.717) is 55.6 Å². The summed E-state index contributed by atoms with van der Waals surface area (Å²) in [5.74, 6) is 2.21. The SMILES string of the molecule is FC(F)(F)c1cccc(N2CCN(Cn3nc(-c4ccccc4)n(Cc4ccc5c(c4)OCO5)c3=S)CC2)c1. The Morgan fingerprint density at radius 2 is 1.62 bits per heavy atom. The minimum atomic E-state index is -4.36. The molecule has 0 spiro atoms. The van der Waals surface area contributed by atoms with Crippen LogP contribution < -0.4 is 14.4 Å². The molecule has 0 bridgehead atoms. The van der Waals surface area contributed by atoms with E-state index >= 15 is 0 Å². The van der Waals surface area contributed by atoms with Gasteiger partial charge in [0.1, 0.15) is 0 Å². The van der Waals surface area contributed by atoms with Gasteiger partial charge in [-0.1, -0.05) is 42.5 Å². The molecule has 39 heavy (non-hydrogen) atoms. The van der Waals surface area contributed by atoms with Crippen LogP contribution in [0.3, 0.4) is 0 Å². The van der Waals surface area contributed by atoms with Crippen molar-refractivity contribution in [1.29, 1.82) is 0 Å². The molecule has 1 aromatic heterocycles. The van der Waals surface area contributed by atoms with Crippen LogP contribution in [-0.2, 0) is 19.4 Å². The molecule has 7 nitrogen and oxygen atoms in total. The average Bonchev–Trinajstić information content (AvgIpc) is 3.54. The molecule has 202 valence electrons. The Morgan fingerprint density at radius 1 is 0.846 bits per heavy atom. The maximum absolute atomic E-state index is 13.2. The van der Waals surface area contributed by atoms with Gasteiger partial charge in [0, 0.05) is 37.4 Å². The van der Waals surface area contributed by atoms with Crippen molar-refractivity contribution in [2.45, 2.75) is 19.4 Å². The van der Waals surface area contributed by atoms with Crippen molar-refractivity contribution in [3.05, 3.63) is 88.7 Å². The summed E-state index contributed by atoms with van der Waals surface area (Å²) < 4.78 is 54.9. The molecule has 1 saturated heterocycles. The first-order valence-corrected chi connectivity index (χ1v) is 13.0. The van der Waals surface area contributed by atoms with Gasteiger partial charge in [-0.15, -0.1) is 0 Å². The van der Waals surface area contributed by atoms with Crippen LogP contribution in [0.4, 0.5) is 18.9 Å². The zero-order valence-corrected chi connectivity index (χ0v) is 21.8. The van der Waals surface area contributed by atoms with Gasteiger partial charge in [0.05, 0.1) is 18.8 Å². The van der Waals surface area contributed by atoms with Crippen molar-refractivity contribution in [1.82, 2.24) is 19.2 Å². The maximum Gasteiger partial charge on any atom is 0.416 e. The van der Waals surface area contributed by atoms with Crippen molar-refractivity contribution >= 4 is 17.9 Å². The lowest BCUT2D eigenvalue weighted by Gasteiger charge is -2.36. The first kappa shape index (κ1) is 25.4. The van der Waals surface area contributed by atoms with E-state index < -0.39 is 11.7 Å². The lowest BCUT2D eigenvalue weighted by Crippen LogP contribution is -2.47. The molecule has 11 heteroatoms. The predicted octanol–water partition coefficient (Wildman–Crippen LogP) is 5.66. The van der Waals surface area contributed by atoms with Gasteiger partial charge >= 0.3 is 6.18 Å². The van der Waals surface area contributed by atoms with Crippen LogP contribution >= 0.6 is 12.2 Å². The Balaban J connectivity index is 1.21. The highest BCUT2D eigenvalue weighted by atomic mass is 32.1. The molecular formula is C28H26F3N5O2S. The first-order valence-electron chi connectivity index (χ1n) is 12.6. The molecule has 0 aliphatic carbocycles. The zero-order chi connectivity index (χ0) is 27.0. The topological polar surface area (TPSA) is 47.7 Å². The second-order valence-corrected chi connectivity index (χ2v) is 9.91. The van der Waals surface area contributed by atoms with Crippen molar-refractivity contribution < 1.29 is 22.6 Å². The Bertz CT molecular complexity index is 1530. The lowest BCUT2D eigenvalue weighted by molar-refractivity contribution is -0.137. The van der Waals surface area contributed by atoms with Gasteiger partial charge in [-0.2, -0.15) is 18.3 Å². The maximum atomic E-state index is 13.2.